The Labute approximate surface area is 200 Å². The number of nitrogens with zero attached hydrogens (tertiary/aromatic N) is 2. The van der Waals surface area contributed by atoms with Crippen LogP contribution in [0.5, 0.6) is 5.75 Å². The van der Waals surface area contributed by atoms with Gasteiger partial charge in [-0.1, -0.05) is 19.9 Å². The molecule has 0 radical (unpaired) electrons. The number of hydrogen-bond donors (Lipinski definition) is 1. The van der Waals surface area contributed by atoms with Crippen LogP contribution >= 0.6 is 0 Å². The smallest absolute Gasteiger partial charge is 0.255 e. The number of amides is 1. The topological polar surface area (TPSA) is 80.6 Å². The predicted molar refractivity (Wildman–Crippen MR) is 134 cm³/mol. The van der Waals surface area contributed by atoms with Gasteiger partial charge in [0, 0.05) is 34.8 Å². The van der Waals surface area contributed by atoms with E-state index in [9.17, 15) is 9.59 Å². The molecule has 34 heavy (non-hydrogen) atoms. The average molecular weight is 456 g/mol. The van der Waals surface area contributed by atoms with E-state index in [1.165, 1.54) is 5.56 Å². The molecule has 0 aliphatic carbocycles. The summed E-state index contributed by atoms with van der Waals surface area (Å²) < 4.78 is 5.42. The fourth-order valence-corrected chi connectivity index (χ4v) is 4.34. The van der Waals surface area contributed by atoms with Gasteiger partial charge in [-0.15, -0.1) is 0 Å². The van der Waals surface area contributed by atoms with Crippen LogP contribution in [0.2, 0.25) is 0 Å². The highest BCUT2D eigenvalue weighted by atomic mass is 16.5. The predicted octanol–water partition coefficient (Wildman–Crippen LogP) is 5.52. The van der Waals surface area contributed by atoms with E-state index in [0.29, 0.717) is 16.8 Å². The van der Waals surface area contributed by atoms with Crippen LogP contribution in [0, 0.1) is 0 Å². The molecule has 6 heteroatoms. The molecule has 0 saturated heterocycles. The molecule has 0 saturated carbocycles. The molecule has 1 aliphatic rings. The Morgan fingerprint density at radius 2 is 1.68 bits per heavy atom. The molecule has 1 aliphatic heterocycles. The monoisotopic (exact) mass is 455 g/mol. The minimum absolute atomic E-state index is 0.0115. The number of ketones is 1. The molecule has 0 unspecified atom stereocenters. The summed E-state index contributed by atoms with van der Waals surface area (Å²) in [5.74, 6) is 0.523. The second kappa shape index (κ2) is 10.00. The van der Waals surface area contributed by atoms with Crippen LogP contribution in [0.1, 0.15) is 65.0 Å². The number of carbonyl (C=O) groups is 2. The summed E-state index contributed by atoms with van der Waals surface area (Å²) in [4.78, 5) is 34.6. The van der Waals surface area contributed by atoms with Crippen molar-refractivity contribution in [1.82, 2.24) is 4.98 Å². The van der Waals surface area contributed by atoms with Crippen LogP contribution in [0.4, 0.5) is 5.69 Å². The number of pyridine rings is 1. The SMILES string of the molecule is CCC1(CC)Cc2ccc(OC)cc2C(CC(=O)c2ccc(NC(=O)c3ccncc3)cc2)=N1. The van der Waals surface area contributed by atoms with Crippen molar-refractivity contribution in [2.45, 2.75) is 45.1 Å². The summed E-state index contributed by atoms with van der Waals surface area (Å²) in [5, 5.41) is 2.84. The molecule has 0 fully saturated rings. The lowest BCUT2D eigenvalue weighted by Crippen LogP contribution is -2.34. The number of aromatic nitrogens is 1. The highest BCUT2D eigenvalue weighted by Crippen LogP contribution is 2.35. The third-order valence-corrected chi connectivity index (χ3v) is 6.57. The largest absolute Gasteiger partial charge is 0.497 e. The van der Waals surface area contributed by atoms with Crippen molar-refractivity contribution in [3.05, 3.63) is 89.2 Å². The fraction of sp³-hybridized carbons (Fsp3) is 0.286. The zero-order chi connectivity index (χ0) is 24.1. The second-order valence-electron chi connectivity index (χ2n) is 8.56. The van der Waals surface area contributed by atoms with E-state index in [1.54, 1.807) is 55.9 Å². The first-order valence-corrected chi connectivity index (χ1v) is 11.6. The van der Waals surface area contributed by atoms with Crippen LogP contribution in [0.15, 0.2) is 72.0 Å². The maximum atomic E-state index is 13.2. The third kappa shape index (κ3) is 4.91. The van der Waals surface area contributed by atoms with Crippen molar-refractivity contribution in [3.63, 3.8) is 0 Å². The minimum Gasteiger partial charge on any atom is -0.497 e. The molecule has 1 N–H and O–H groups in total. The zero-order valence-corrected chi connectivity index (χ0v) is 19.8. The third-order valence-electron chi connectivity index (χ3n) is 6.57. The summed E-state index contributed by atoms with van der Waals surface area (Å²) in [6, 6.07) is 16.3. The molecular formula is C28H29N3O3. The normalized spacial score (nSPS) is 14.0. The summed E-state index contributed by atoms with van der Waals surface area (Å²) in [6.45, 7) is 4.31. The number of nitrogens with one attached hydrogen (secondary N) is 1. The van der Waals surface area contributed by atoms with Gasteiger partial charge in [0.1, 0.15) is 5.75 Å². The van der Waals surface area contributed by atoms with Crippen LogP contribution < -0.4 is 10.1 Å². The van der Waals surface area contributed by atoms with Gasteiger partial charge in [-0.25, -0.2) is 0 Å². The number of hydrogen-bond acceptors (Lipinski definition) is 5. The maximum Gasteiger partial charge on any atom is 0.255 e. The standard InChI is InChI=1S/C28H29N3O3/c1-4-28(5-2)18-21-8-11-23(34-3)16-24(21)25(31-28)17-26(32)19-6-9-22(10-7-19)30-27(33)20-12-14-29-15-13-20/h6-16H,4-5,17-18H2,1-3H3,(H,30,33). The number of rotatable bonds is 8. The van der Waals surface area contributed by atoms with Gasteiger partial charge in [-0.3, -0.25) is 19.6 Å². The Bertz CT molecular complexity index is 1210. The van der Waals surface area contributed by atoms with E-state index in [2.05, 4.69) is 30.2 Å². The van der Waals surface area contributed by atoms with Crippen molar-refractivity contribution in [2.75, 3.05) is 12.4 Å². The number of Topliss-reactive ketones (excluding diaryl/α,β-unsaturated/α-hetero) is 1. The van der Waals surface area contributed by atoms with E-state index in [4.69, 9.17) is 9.73 Å². The van der Waals surface area contributed by atoms with Gasteiger partial charge < -0.3 is 10.1 Å². The number of benzene rings is 2. The van der Waals surface area contributed by atoms with Crippen molar-refractivity contribution >= 4 is 23.1 Å². The van der Waals surface area contributed by atoms with Gasteiger partial charge in [0.25, 0.3) is 5.91 Å². The summed E-state index contributed by atoms with van der Waals surface area (Å²) >= 11 is 0. The molecule has 174 valence electrons. The fourth-order valence-electron chi connectivity index (χ4n) is 4.34. The quantitative estimate of drug-likeness (QED) is 0.454. The van der Waals surface area contributed by atoms with Crippen molar-refractivity contribution in [1.29, 1.82) is 0 Å². The second-order valence-corrected chi connectivity index (χ2v) is 8.56. The van der Waals surface area contributed by atoms with Crippen molar-refractivity contribution in [3.8, 4) is 5.75 Å². The van der Waals surface area contributed by atoms with E-state index in [1.807, 2.05) is 12.1 Å². The molecule has 1 amide bonds. The zero-order valence-electron chi connectivity index (χ0n) is 19.8. The van der Waals surface area contributed by atoms with Gasteiger partial charge in [-0.05, 0) is 73.4 Å². The molecular weight excluding hydrogens is 426 g/mol. The van der Waals surface area contributed by atoms with E-state index >= 15 is 0 Å². The Morgan fingerprint density at radius 1 is 0.971 bits per heavy atom. The lowest BCUT2D eigenvalue weighted by molar-refractivity contribution is 0.0998. The number of carbonyl (C=O) groups excluding carboxylic acids is 2. The van der Waals surface area contributed by atoms with Gasteiger partial charge in [0.2, 0.25) is 0 Å². The highest BCUT2D eigenvalue weighted by molar-refractivity contribution is 6.17. The maximum absolute atomic E-state index is 13.2. The van der Waals surface area contributed by atoms with Gasteiger partial charge in [-0.2, -0.15) is 0 Å². The van der Waals surface area contributed by atoms with Crippen LogP contribution in [0.25, 0.3) is 0 Å². The van der Waals surface area contributed by atoms with Crippen LogP contribution in [0.3, 0.4) is 0 Å². The first kappa shape index (κ1) is 23.4. The van der Waals surface area contributed by atoms with Crippen LogP contribution in [-0.4, -0.2) is 35.0 Å². The van der Waals surface area contributed by atoms with Gasteiger partial charge in [0.15, 0.2) is 5.78 Å². The number of fused-ring (bicyclic) bond motifs is 1. The van der Waals surface area contributed by atoms with Gasteiger partial charge in [0.05, 0.1) is 24.8 Å². The summed E-state index contributed by atoms with van der Waals surface area (Å²) in [6.07, 6.45) is 6.05. The molecule has 3 aromatic rings. The summed E-state index contributed by atoms with van der Waals surface area (Å²) in [5.41, 5.74) is 4.55. The first-order chi connectivity index (χ1) is 16.5. The minimum atomic E-state index is -0.223. The Balaban J connectivity index is 1.54. The van der Waals surface area contributed by atoms with E-state index in [0.717, 1.165) is 36.3 Å². The highest BCUT2D eigenvalue weighted by Gasteiger charge is 2.33. The van der Waals surface area contributed by atoms with Gasteiger partial charge >= 0.3 is 0 Å². The molecule has 0 atom stereocenters. The Kier molecular flexibility index (Phi) is 6.87. The Morgan fingerprint density at radius 3 is 2.32 bits per heavy atom. The molecule has 0 bridgehead atoms. The number of methoxy groups -OCH3 is 1. The van der Waals surface area contributed by atoms with E-state index in [-0.39, 0.29) is 23.7 Å². The molecule has 4 rings (SSSR count). The Hall–Kier alpha value is -3.80. The first-order valence-electron chi connectivity index (χ1n) is 11.6. The molecule has 0 spiro atoms. The molecule has 2 aromatic carbocycles. The number of ether oxygens (including phenoxy) is 1. The lowest BCUT2D eigenvalue weighted by Gasteiger charge is -2.34. The average Bonchev–Trinajstić information content (AvgIpc) is 2.89. The van der Waals surface area contributed by atoms with Crippen molar-refractivity contribution < 1.29 is 14.3 Å². The summed E-state index contributed by atoms with van der Waals surface area (Å²) in [7, 11) is 1.64. The number of anilines is 1. The van der Waals surface area contributed by atoms with Crippen LogP contribution in [-0.2, 0) is 6.42 Å². The molecule has 1 aromatic heterocycles. The number of aliphatic imine (C=N–C) groups is 1. The molecule has 2 heterocycles. The van der Waals surface area contributed by atoms with Crippen molar-refractivity contribution in [2.24, 2.45) is 4.99 Å². The van der Waals surface area contributed by atoms with E-state index < -0.39 is 0 Å². The molecule has 6 nitrogen and oxygen atoms in total. The lowest BCUT2D eigenvalue weighted by atomic mass is 9.80.